The van der Waals surface area contributed by atoms with Crippen LogP contribution in [0.4, 0.5) is 0 Å². The van der Waals surface area contributed by atoms with Gasteiger partial charge in [0, 0.05) is 9.13 Å². The zero-order valence-electron chi connectivity index (χ0n) is 13.2. The summed E-state index contributed by atoms with van der Waals surface area (Å²) < 4.78 is 8.33. The van der Waals surface area contributed by atoms with E-state index in [2.05, 4.69) is 22.6 Å². The molecular formula is C21H14INO2. The zero-order chi connectivity index (χ0) is 17.2. The van der Waals surface area contributed by atoms with E-state index in [-0.39, 0.29) is 5.63 Å². The van der Waals surface area contributed by atoms with Crippen molar-refractivity contribution in [3.05, 3.63) is 98.9 Å². The molecule has 122 valence electrons. The molecule has 3 nitrogen and oxygen atoms in total. The van der Waals surface area contributed by atoms with Crippen LogP contribution in [0, 0.1) is 3.57 Å². The Kier molecular flexibility index (Phi) is 4.28. The lowest BCUT2D eigenvalue weighted by Crippen LogP contribution is -1.98. The van der Waals surface area contributed by atoms with Gasteiger partial charge in [-0.05, 0) is 40.3 Å². The van der Waals surface area contributed by atoms with Crippen LogP contribution in [0.5, 0.6) is 0 Å². The molecule has 0 amide bonds. The highest BCUT2D eigenvalue weighted by Crippen LogP contribution is 2.33. The molecule has 0 radical (unpaired) electrons. The Hall–Kier alpha value is -2.60. The van der Waals surface area contributed by atoms with Crippen LogP contribution in [0.25, 0.3) is 28.1 Å². The first-order valence-electron chi connectivity index (χ1n) is 7.88. The van der Waals surface area contributed by atoms with Crippen molar-refractivity contribution >= 4 is 22.6 Å². The Bertz CT molecular complexity index is 1070. The van der Waals surface area contributed by atoms with Gasteiger partial charge in [0.25, 0.3) is 0 Å². The molecule has 4 aromatic rings. The molecule has 0 aliphatic heterocycles. The van der Waals surface area contributed by atoms with E-state index < -0.39 is 0 Å². The predicted octanol–water partition coefficient (Wildman–Crippen LogP) is 5.37. The highest BCUT2D eigenvalue weighted by molar-refractivity contribution is 14.1. The second-order valence-corrected chi connectivity index (χ2v) is 6.74. The van der Waals surface area contributed by atoms with Gasteiger partial charge in [-0.2, -0.15) is 4.74 Å². The minimum Gasteiger partial charge on any atom is -0.330 e. The van der Waals surface area contributed by atoms with Gasteiger partial charge in [0.2, 0.25) is 0 Å². The lowest BCUT2D eigenvalue weighted by molar-refractivity contribution is 0.326. The maximum absolute atomic E-state index is 12.7. The van der Waals surface area contributed by atoms with Gasteiger partial charge in [0.15, 0.2) is 0 Å². The number of benzene rings is 3. The number of para-hydroxylation sites is 1. The van der Waals surface area contributed by atoms with Crippen LogP contribution >= 0.6 is 22.6 Å². The zero-order valence-corrected chi connectivity index (χ0v) is 15.4. The van der Waals surface area contributed by atoms with E-state index in [1.807, 2.05) is 84.9 Å². The van der Waals surface area contributed by atoms with Gasteiger partial charge >= 0.3 is 5.63 Å². The molecule has 0 saturated heterocycles. The van der Waals surface area contributed by atoms with Crippen molar-refractivity contribution in [1.29, 1.82) is 0 Å². The van der Waals surface area contributed by atoms with E-state index in [0.29, 0.717) is 5.56 Å². The Balaban J connectivity index is 2.07. The minimum absolute atomic E-state index is 0.343. The fraction of sp³-hybridized carbons (Fsp3) is 0. The summed E-state index contributed by atoms with van der Waals surface area (Å²) in [6, 6.07) is 27.3. The molecule has 0 bridgehead atoms. The van der Waals surface area contributed by atoms with Gasteiger partial charge in [-0.3, -0.25) is 0 Å². The molecule has 0 saturated carbocycles. The van der Waals surface area contributed by atoms with Crippen molar-refractivity contribution in [3.8, 4) is 28.1 Å². The molecule has 4 rings (SSSR count). The molecule has 0 spiro atoms. The molecule has 0 fully saturated rings. The Morgan fingerprint density at radius 2 is 1.28 bits per heavy atom. The first-order valence-corrected chi connectivity index (χ1v) is 8.95. The van der Waals surface area contributed by atoms with E-state index in [9.17, 15) is 4.79 Å². The third kappa shape index (κ3) is 2.93. The second-order valence-electron chi connectivity index (χ2n) is 5.58. The molecule has 25 heavy (non-hydrogen) atoms. The van der Waals surface area contributed by atoms with Gasteiger partial charge in [0.05, 0.1) is 11.3 Å². The SMILES string of the molecule is O=c1on(-c2ccccc2I)c(-c2ccccc2)c1-c1ccccc1. The average molecular weight is 439 g/mol. The van der Waals surface area contributed by atoms with Gasteiger partial charge in [-0.15, -0.1) is 0 Å². The quantitative estimate of drug-likeness (QED) is 0.403. The lowest BCUT2D eigenvalue weighted by atomic mass is 10.0. The van der Waals surface area contributed by atoms with Crippen LogP contribution in [0.15, 0.2) is 94.2 Å². The summed E-state index contributed by atoms with van der Waals surface area (Å²) in [5.41, 5.74) is 3.63. The number of halogens is 1. The summed E-state index contributed by atoms with van der Waals surface area (Å²) >= 11 is 2.25. The summed E-state index contributed by atoms with van der Waals surface area (Å²) in [6.45, 7) is 0. The van der Waals surface area contributed by atoms with E-state index in [1.165, 1.54) is 0 Å². The number of hydrogen-bond acceptors (Lipinski definition) is 2. The fourth-order valence-electron chi connectivity index (χ4n) is 2.88. The van der Waals surface area contributed by atoms with Crippen molar-refractivity contribution in [3.63, 3.8) is 0 Å². The average Bonchev–Trinajstić information content (AvgIpc) is 3.00. The molecular weight excluding hydrogens is 425 g/mol. The van der Waals surface area contributed by atoms with Crippen LogP contribution in [0.2, 0.25) is 0 Å². The molecule has 0 aliphatic carbocycles. The van der Waals surface area contributed by atoms with Crippen molar-refractivity contribution in [2.75, 3.05) is 0 Å². The first kappa shape index (κ1) is 15.9. The topological polar surface area (TPSA) is 35.1 Å². The van der Waals surface area contributed by atoms with E-state index >= 15 is 0 Å². The van der Waals surface area contributed by atoms with Crippen molar-refractivity contribution in [1.82, 2.24) is 4.74 Å². The predicted molar refractivity (Wildman–Crippen MR) is 108 cm³/mol. The van der Waals surface area contributed by atoms with E-state index in [1.54, 1.807) is 4.74 Å². The lowest BCUT2D eigenvalue weighted by Gasteiger charge is -2.10. The largest absolute Gasteiger partial charge is 0.366 e. The molecule has 1 aromatic heterocycles. The van der Waals surface area contributed by atoms with Crippen LogP contribution < -0.4 is 5.63 Å². The molecule has 0 aliphatic rings. The molecule has 0 atom stereocenters. The van der Waals surface area contributed by atoms with Gasteiger partial charge in [-0.25, -0.2) is 4.79 Å². The summed E-state index contributed by atoms with van der Waals surface area (Å²) in [4.78, 5) is 12.7. The van der Waals surface area contributed by atoms with Crippen molar-refractivity contribution in [2.45, 2.75) is 0 Å². The molecule has 4 heteroatoms. The van der Waals surface area contributed by atoms with Gasteiger partial charge in [-0.1, -0.05) is 72.8 Å². The fourth-order valence-corrected chi connectivity index (χ4v) is 3.48. The maximum Gasteiger partial charge on any atom is 0.366 e. The van der Waals surface area contributed by atoms with Crippen molar-refractivity contribution < 1.29 is 4.52 Å². The molecule has 0 N–H and O–H groups in total. The normalized spacial score (nSPS) is 10.8. The maximum atomic E-state index is 12.7. The summed E-state index contributed by atoms with van der Waals surface area (Å²) in [6.07, 6.45) is 0. The summed E-state index contributed by atoms with van der Waals surface area (Å²) in [5, 5.41) is 0. The van der Waals surface area contributed by atoms with E-state index in [4.69, 9.17) is 4.52 Å². The van der Waals surface area contributed by atoms with Gasteiger partial charge in [0.1, 0.15) is 5.69 Å². The number of nitrogens with zero attached hydrogens (tertiary/aromatic N) is 1. The summed E-state index contributed by atoms with van der Waals surface area (Å²) in [5.74, 6) is 0. The Morgan fingerprint density at radius 1 is 0.720 bits per heavy atom. The third-order valence-electron chi connectivity index (χ3n) is 4.00. The Labute approximate surface area is 158 Å². The first-order chi connectivity index (χ1) is 12.3. The summed E-state index contributed by atoms with van der Waals surface area (Å²) in [7, 11) is 0. The van der Waals surface area contributed by atoms with Crippen LogP contribution in [0.1, 0.15) is 0 Å². The van der Waals surface area contributed by atoms with Crippen molar-refractivity contribution in [2.24, 2.45) is 0 Å². The number of rotatable bonds is 3. The number of aromatic nitrogens is 1. The number of hydrogen-bond donors (Lipinski definition) is 0. The molecule has 0 unspecified atom stereocenters. The van der Waals surface area contributed by atoms with Crippen LogP contribution in [-0.2, 0) is 0 Å². The molecule has 1 heterocycles. The third-order valence-corrected chi connectivity index (χ3v) is 4.91. The smallest absolute Gasteiger partial charge is 0.330 e. The van der Waals surface area contributed by atoms with E-state index in [0.717, 1.165) is 26.1 Å². The highest BCUT2D eigenvalue weighted by Gasteiger charge is 2.22. The second kappa shape index (κ2) is 6.72. The standard InChI is InChI=1S/C21H14INO2/c22-17-13-7-8-14-18(17)23-20(16-11-5-2-6-12-16)19(21(24)25-23)15-9-3-1-4-10-15/h1-14H. The minimum atomic E-state index is -0.343. The Morgan fingerprint density at radius 3 is 1.92 bits per heavy atom. The van der Waals surface area contributed by atoms with Gasteiger partial charge < -0.3 is 4.52 Å². The monoisotopic (exact) mass is 439 g/mol. The molecule has 3 aromatic carbocycles. The highest BCUT2D eigenvalue weighted by atomic mass is 127. The van der Waals surface area contributed by atoms with Crippen LogP contribution in [-0.4, -0.2) is 4.74 Å². The van der Waals surface area contributed by atoms with Crippen LogP contribution in [0.3, 0.4) is 0 Å².